The number of unbranched alkanes of at least 4 members (excludes halogenated alkanes) is 1. The fraction of sp³-hybridized carbons (Fsp3) is 0.714. The van der Waals surface area contributed by atoms with Crippen molar-refractivity contribution in [2.45, 2.75) is 45.1 Å². The van der Waals surface area contributed by atoms with E-state index in [-0.39, 0.29) is 5.91 Å². The van der Waals surface area contributed by atoms with Crippen molar-refractivity contribution in [1.29, 1.82) is 0 Å². The molecule has 1 aliphatic rings. The van der Waals surface area contributed by atoms with E-state index in [1.807, 2.05) is 0 Å². The third-order valence-corrected chi connectivity index (χ3v) is 3.84. The van der Waals surface area contributed by atoms with Gasteiger partial charge in [0.15, 0.2) is 0 Å². The van der Waals surface area contributed by atoms with Crippen LogP contribution in [0.3, 0.4) is 0 Å². The van der Waals surface area contributed by atoms with Gasteiger partial charge in [0.05, 0.1) is 0 Å². The van der Waals surface area contributed by atoms with Crippen LogP contribution in [0.2, 0.25) is 0 Å². The zero-order chi connectivity index (χ0) is 13.5. The summed E-state index contributed by atoms with van der Waals surface area (Å²) >= 11 is 0. The van der Waals surface area contributed by atoms with Crippen LogP contribution >= 0.6 is 0 Å². The summed E-state index contributed by atoms with van der Waals surface area (Å²) in [5, 5.41) is 9.33. The number of piperidine rings is 1. The van der Waals surface area contributed by atoms with Gasteiger partial charge in [-0.3, -0.25) is 9.89 Å². The predicted octanol–water partition coefficient (Wildman–Crippen LogP) is 1.79. The largest absolute Gasteiger partial charge is 0.351 e. The van der Waals surface area contributed by atoms with Crippen LogP contribution in [0.5, 0.6) is 0 Å². The van der Waals surface area contributed by atoms with Crippen LogP contribution in [-0.4, -0.2) is 46.7 Å². The molecule has 5 heteroatoms. The average Bonchev–Trinajstić information content (AvgIpc) is 2.94. The first kappa shape index (κ1) is 14.1. The molecule has 2 N–H and O–H groups in total. The summed E-state index contributed by atoms with van der Waals surface area (Å²) in [5.74, 6) is -0.0659. The predicted molar refractivity (Wildman–Crippen MR) is 75.0 cm³/mol. The number of hydrogen-bond donors (Lipinski definition) is 2. The Kier molecular flexibility index (Phi) is 5.39. The number of hydrogen-bond acceptors (Lipinski definition) is 3. The van der Waals surface area contributed by atoms with Crippen molar-refractivity contribution in [1.82, 2.24) is 20.4 Å². The van der Waals surface area contributed by atoms with Crippen molar-refractivity contribution >= 4 is 5.91 Å². The van der Waals surface area contributed by atoms with E-state index >= 15 is 0 Å². The van der Waals surface area contributed by atoms with Gasteiger partial charge in [0, 0.05) is 18.8 Å². The smallest absolute Gasteiger partial charge is 0.269 e. The third-order valence-electron chi connectivity index (χ3n) is 3.84. The first-order valence-corrected chi connectivity index (χ1v) is 7.29. The van der Waals surface area contributed by atoms with Gasteiger partial charge in [-0.2, -0.15) is 5.10 Å². The summed E-state index contributed by atoms with van der Waals surface area (Å²) in [6.07, 6.45) is 7.80. The second-order valence-electron chi connectivity index (χ2n) is 5.31. The Morgan fingerprint density at radius 2 is 2.42 bits per heavy atom. The lowest BCUT2D eigenvalue weighted by Crippen LogP contribution is -2.38. The Morgan fingerprint density at radius 3 is 3.16 bits per heavy atom. The Bertz CT molecular complexity index is 377. The molecule has 0 spiro atoms. The molecule has 1 aromatic rings. The second kappa shape index (κ2) is 7.28. The van der Waals surface area contributed by atoms with Crippen LogP contribution in [0.15, 0.2) is 12.3 Å². The zero-order valence-electron chi connectivity index (χ0n) is 11.7. The molecule has 1 atom stereocenters. The van der Waals surface area contributed by atoms with Gasteiger partial charge in [0.2, 0.25) is 0 Å². The van der Waals surface area contributed by atoms with E-state index in [9.17, 15) is 4.79 Å². The molecule has 106 valence electrons. The van der Waals surface area contributed by atoms with E-state index in [1.54, 1.807) is 12.3 Å². The van der Waals surface area contributed by atoms with Gasteiger partial charge >= 0.3 is 0 Å². The number of carbonyl (C=O) groups is 1. The molecule has 2 rings (SSSR count). The number of amides is 1. The standard InChI is InChI=1S/C14H24N4O/c1-12-6-2-4-10-18(12)11-5-3-8-15-14(19)13-7-9-16-17-13/h7,9,12H,2-6,8,10-11H2,1H3,(H,15,19)(H,16,17). The number of aromatic nitrogens is 2. The molecular weight excluding hydrogens is 240 g/mol. The second-order valence-corrected chi connectivity index (χ2v) is 5.31. The lowest BCUT2D eigenvalue weighted by molar-refractivity contribution is 0.0946. The minimum atomic E-state index is -0.0659. The minimum Gasteiger partial charge on any atom is -0.351 e. The molecule has 1 saturated heterocycles. The summed E-state index contributed by atoms with van der Waals surface area (Å²) in [4.78, 5) is 14.2. The summed E-state index contributed by atoms with van der Waals surface area (Å²) in [6, 6.07) is 2.42. The molecular formula is C14H24N4O. The first-order chi connectivity index (χ1) is 9.27. The number of aromatic amines is 1. The quantitative estimate of drug-likeness (QED) is 0.770. The zero-order valence-corrected chi connectivity index (χ0v) is 11.7. The fourth-order valence-electron chi connectivity index (χ4n) is 2.61. The van der Waals surface area contributed by atoms with Gasteiger partial charge in [0.25, 0.3) is 5.91 Å². The number of nitrogens with one attached hydrogen (secondary N) is 2. The molecule has 1 unspecified atom stereocenters. The van der Waals surface area contributed by atoms with Gasteiger partial charge in [-0.1, -0.05) is 6.42 Å². The lowest BCUT2D eigenvalue weighted by Gasteiger charge is -2.33. The molecule has 0 saturated carbocycles. The van der Waals surface area contributed by atoms with Crippen molar-refractivity contribution < 1.29 is 4.79 Å². The lowest BCUT2D eigenvalue weighted by atomic mass is 10.0. The first-order valence-electron chi connectivity index (χ1n) is 7.29. The van der Waals surface area contributed by atoms with Crippen LogP contribution in [0.4, 0.5) is 0 Å². The van der Waals surface area contributed by atoms with Crippen LogP contribution in [-0.2, 0) is 0 Å². The van der Waals surface area contributed by atoms with Crippen LogP contribution in [0.25, 0.3) is 0 Å². The highest BCUT2D eigenvalue weighted by Crippen LogP contribution is 2.16. The van der Waals surface area contributed by atoms with E-state index < -0.39 is 0 Å². The highest BCUT2D eigenvalue weighted by molar-refractivity contribution is 5.91. The van der Waals surface area contributed by atoms with E-state index in [0.717, 1.165) is 32.0 Å². The van der Waals surface area contributed by atoms with Crippen LogP contribution in [0, 0.1) is 0 Å². The van der Waals surface area contributed by atoms with Crippen molar-refractivity contribution in [3.8, 4) is 0 Å². The van der Waals surface area contributed by atoms with E-state index in [0.29, 0.717) is 5.69 Å². The fourth-order valence-corrected chi connectivity index (χ4v) is 2.61. The molecule has 5 nitrogen and oxygen atoms in total. The summed E-state index contributed by atoms with van der Waals surface area (Å²) in [5.41, 5.74) is 0.532. The number of H-pyrrole nitrogens is 1. The van der Waals surface area contributed by atoms with E-state index in [4.69, 9.17) is 0 Å². The average molecular weight is 264 g/mol. The molecule has 0 aliphatic carbocycles. The van der Waals surface area contributed by atoms with Crippen LogP contribution in [0.1, 0.15) is 49.5 Å². The van der Waals surface area contributed by atoms with Gasteiger partial charge in [-0.25, -0.2) is 0 Å². The maximum atomic E-state index is 11.6. The highest BCUT2D eigenvalue weighted by atomic mass is 16.1. The van der Waals surface area contributed by atoms with Crippen molar-refractivity contribution in [3.05, 3.63) is 18.0 Å². The Morgan fingerprint density at radius 1 is 1.53 bits per heavy atom. The Labute approximate surface area is 114 Å². The van der Waals surface area contributed by atoms with Crippen molar-refractivity contribution in [2.75, 3.05) is 19.6 Å². The third kappa shape index (κ3) is 4.35. The molecule has 1 amide bonds. The number of carbonyl (C=O) groups excluding carboxylic acids is 1. The Balaban J connectivity index is 1.56. The topological polar surface area (TPSA) is 61.0 Å². The van der Waals surface area contributed by atoms with Crippen LogP contribution < -0.4 is 5.32 Å². The SMILES string of the molecule is CC1CCCCN1CCCCNC(=O)c1ccn[nH]1. The van der Waals surface area contributed by atoms with Gasteiger partial charge in [-0.05, 0) is 51.8 Å². The number of rotatable bonds is 6. The maximum Gasteiger partial charge on any atom is 0.269 e. The summed E-state index contributed by atoms with van der Waals surface area (Å²) < 4.78 is 0. The van der Waals surface area contributed by atoms with Gasteiger partial charge in [0.1, 0.15) is 5.69 Å². The molecule has 19 heavy (non-hydrogen) atoms. The molecule has 0 aromatic carbocycles. The van der Waals surface area contributed by atoms with E-state index in [1.165, 1.54) is 25.8 Å². The van der Waals surface area contributed by atoms with Gasteiger partial charge in [-0.15, -0.1) is 0 Å². The molecule has 0 bridgehead atoms. The molecule has 1 fully saturated rings. The van der Waals surface area contributed by atoms with E-state index in [2.05, 4.69) is 27.3 Å². The summed E-state index contributed by atoms with van der Waals surface area (Å²) in [6.45, 7) is 5.45. The maximum absolute atomic E-state index is 11.6. The molecule has 1 aliphatic heterocycles. The molecule has 0 radical (unpaired) electrons. The number of nitrogens with zero attached hydrogens (tertiary/aromatic N) is 2. The minimum absolute atomic E-state index is 0.0659. The Hall–Kier alpha value is -1.36. The van der Waals surface area contributed by atoms with Crippen molar-refractivity contribution in [3.63, 3.8) is 0 Å². The molecule has 1 aromatic heterocycles. The highest BCUT2D eigenvalue weighted by Gasteiger charge is 2.17. The number of likely N-dealkylation sites (tertiary alicyclic amines) is 1. The molecule has 2 heterocycles. The monoisotopic (exact) mass is 264 g/mol. The normalized spacial score (nSPS) is 20.4. The summed E-state index contributed by atoms with van der Waals surface area (Å²) in [7, 11) is 0. The van der Waals surface area contributed by atoms with Crippen molar-refractivity contribution in [2.24, 2.45) is 0 Å². The van der Waals surface area contributed by atoms with Gasteiger partial charge < -0.3 is 10.2 Å².